The molecule has 0 aliphatic carbocycles. The molecule has 0 saturated carbocycles. The average molecular weight is 679 g/mol. The lowest BCUT2D eigenvalue weighted by Gasteiger charge is -2.29. The van der Waals surface area contributed by atoms with Crippen molar-refractivity contribution in [3.05, 3.63) is 72.9 Å². The van der Waals surface area contributed by atoms with Gasteiger partial charge in [-0.15, -0.1) is 0 Å². The molecule has 0 aromatic heterocycles. The van der Waals surface area contributed by atoms with Crippen molar-refractivity contribution in [2.45, 2.75) is 122 Å². The molecule has 0 aromatic rings. The van der Waals surface area contributed by atoms with Gasteiger partial charge in [0.1, 0.15) is 13.2 Å². The van der Waals surface area contributed by atoms with E-state index in [4.69, 9.17) is 9.05 Å². The van der Waals surface area contributed by atoms with Crippen LogP contribution in [0.2, 0.25) is 0 Å². The van der Waals surface area contributed by atoms with Crippen LogP contribution in [0.4, 0.5) is 0 Å². The first-order valence-corrected chi connectivity index (χ1v) is 19.3. The lowest BCUT2D eigenvalue weighted by molar-refractivity contribution is -0.870. The van der Waals surface area contributed by atoms with Crippen LogP contribution in [-0.2, 0) is 18.4 Å². The normalized spacial score (nSPS) is 15.6. The summed E-state index contributed by atoms with van der Waals surface area (Å²) in [5, 5.41) is 13.6. The third-order valence-corrected chi connectivity index (χ3v) is 8.14. The molecule has 3 atom stereocenters. The number of aliphatic hydroxyl groups is 1. The first-order chi connectivity index (χ1) is 22.5. The molecule has 0 aliphatic rings. The zero-order valence-electron chi connectivity index (χ0n) is 30.2. The molecule has 0 radical (unpaired) electrons. The number of aliphatic hydroxyl groups excluding tert-OH is 1. The van der Waals surface area contributed by atoms with Crippen molar-refractivity contribution < 1.29 is 32.9 Å². The summed E-state index contributed by atoms with van der Waals surface area (Å²) in [6, 6.07) is -0.915. The van der Waals surface area contributed by atoms with Gasteiger partial charge in [0.2, 0.25) is 5.91 Å². The predicted molar refractivity (Wildman–Crippen MR) is 196 cm³/mol. The van der Waals surface area contributed by atoms with Crippen LogP contribution in [-0.4, -0.2) is 68.5 Å². The Labute approximate surface area is 287 Å². The van der Waals surface area contributed by atoms with Gasteiger partial charge in [0.25, 0.3) is 7.82 Å². The van der Waals surface area contributed by atoms with Crippen molar-refractivity contribution in [3.63, 3.8) is 0 Å². The van der Waals surface area contributed by atoms with Gasteiger partial charge >= 0.3 is 0 Å². The quantitative estimate of drug-likeness (QED) is 0.0343. The smallest absolute Gasteiger partial charge is 0.268 e. The summed E-state index contributed by atoms with van der Waals surface area (Å²) < 4.78 is 22.9. The van der Waals surface area contributed by atoms with Gasteiger partial charge in [-0.3, -0.25) is 9.36 Å². The zero-order chi connectivity index (χ0) is 35.1. The number of rotatable bonds is 30. The van der Waals surface area contributed by atoms with Crippen molar-refractivity contribution in [1.82, 2.24) is 5.32 Å². The Morgan fingerprint density at radius 3 is 1.87 bits per heavy atom. The van der Waals surface area contributed by atoms with Crippen molar-refractivity contribution in [3.8, 4) is 0 Å². The number of carbonyl (C=O) groups is 1. The highest BCUT2D eigenvalue weighted by atomic mass is 31.2. The Morgan fingerprint density at radius 2 is 1.30 bits per heavy atom. The van der Waals surface area contributed by atoms with Gasteiger partial charge in [0.15, 0.2) is 0 Å². The molecule has 0 saturated heterocycles. The predicted octanol–water partition coefficient (Wildman–Crippen LogP) is 8.27. The fourth-order valence-corrected chi connectivity index (χ4v) is 5.02. The molecule has 1 amide bonds. The molecular formula is C38H67N2O6P. The van der Waals surface area contributed by atoms with E-state index in [-0.39, 0.29) is 18.9 Å². The van der Waals surface area contributed by atoms with Crippen molar-refractivity contribution in [2.75, 3.05) is 40.9 Å². The summed E-state index contributed by atoms with van der Waals surface area (Å²) >= 11 is 0. The minimum Gasteiger partial charge on any atom is -0.756 e. The third kappa shape index (κ3) is 32.3. The highest BCUT2D eigenvalue weighted by molar-refractivity contribution is 7.45. The maximum atomic E-state index is 12.7. The van der Waals surface area contributed by atoms with Gasteiger partial charge in [-0.2, -0.15) is 0 Å². The number of nitrogens with zero attached hydrogens (tertiary/aromatic N) is 1. The van der Waals surface area contributed by atoms with E-state index >= 15 is 0 Å². The molecule has 3 unspecified atom stereocenters. The number of allylic oxidation sites excluding steroid dienone is 11. The number of amides is 1. The summed E-state index contributed by atoms with van der Waals surface area (Å²) in [5.74, 6) is -0.263. The first-order valence-electron chi connectivity index (χ1n) is 17.8. The number of phosphoric acid groups is 1. The largest absolute Gasteiger partial charge is 0.756 e. The van der Waals surface area contributed by atoms with Crippen LogP contribution < -0.4 is 10.2 Å². The van der Waals surface area contributed by atoms with E-state index in [0.717, 1.165) is 57.8 Å². The van der Waals surface area contributed by atoms with Crippen LogP contribution in [0.25, 0.3) is 0 Å². The summed E-state index contributed by atoms with van der Waals surface area (Å²) in [7, 11) is 1.20. The Balaban J connectivity index is 4.63. The molecule has 8 nitrogen and oxygen atoms in total. The average Bonchev–Trinajstić information content (AvgIpc) is 3.01. The molecule has 0 bridgehead atoms. The van der Waals surface area contributed by atoms with Crippen molar-refractivity contribution in [2.24, 2.45) is 0 Å². The first kappa shape index (κ1) is 44.9. The highest BCUT2D eigenvalue weighted by Crippen LogP contribution is 2.38. The van der Waals surface area contributed by atoms with Crippen molar-refractivity contribution in [1.29, 1.82) is 0 Å². The molecule has 0 aliphatic heterocycles. The summed E-state index contributed by atoms with van der Waals surface area (Å²) in [4.78, 5) is 25.0. The van der Waals surface area contributed by atoms with Crippen LogP contribution in [0.1, 0.15) is 110 Å². The number of hydrogen-bond acceptors (Lipinski definition) is 6. The van der Waals surface area contributed by atoms with Crippen molar-refractivity contribution >= 4 is 13.7 Å². The van der Waals surface area contributed by atoms with Gasteiger partial charge in [-0.25, -0.2) is 0 Å². The van der Waals surface area contributed by atoms with Gasteiger partial charge < -0.3 is 28.8 Å². The maximum Gasteiger partial charge on any atom is 0.268 e. The molecule has 0 rings (SSSR count). The Bertz CT molecular complexity index is 997. The van der Waals surface area contributed by atoms with Gasteiger partial charge in [0.05, 0.1) is 39.9 Å². The van der Waals surface area contributed by atoms with Crippen LogP contribution in [0.3, 0.4) is 0 Å². The lowest BCUT2D eigenvalue weighted by atomic mass is 10.1. The number of hydrogen-bond donors (Lipinski definition) is 2. The van der Waals surface area contributed by atoms with Gasteiger partial charge in [-0.1, -0.05) is 119 Å². The molecule has 270 valence electrons. The minimum absolute atomic E-state index is 0.0161. The van der Waals surface area contributed by atoms with E-state index in [0.29, 0.717) is 17.4 Å². The topological polar surface area (TPSA) is 108 Å². The number of unbranched alkanes of at least 4 members (excludes halogenated alkanes) is 7. The molecule has 0 aromatic carbocycles. The molecular weight excluding hydrogens is 611 g/mol. The molecule has 9 heteroatoms. The fraction of sp³-hybridized carbons (Fsp3) is 0.658. The van der Waals surface area contributed by atoms with Crippen LogP contribution in [0.15, 0.2) is 72.9 Å². The highest BCUT2D eigenvalue weighted by Gasteiger charge is 2.23. The standard InChI is InChI=1S/C38H67N2O6P/c1-6-8-10-12-14-16-17-18-19-20-21-22-23-24-26-28-30-32-38(42)39-36(35-46-47(43,44)45-34-33-40(3,4)5)37(41)31-29-27-25-15-13-11-9-7-2/h8,10,14,16,18-19,21-22,24,26,29,31,36-37,41H,6-7,9,11-13,15,17,20,23,25,27-28,30,32-35H2,1-5H3,(H-,39,42,43,44)/b10-8-,16-14-,19-18-,22-21-,26-24-,31-29+. The summed E-state index contributed by atoms with van der Waals surface area (Å²) in [5.41, 5.74) is 0. The van der Waals surface area contributed by atoms with Gasteiger partial charge in [-0.05, 0) is 57.8 Å². The minimum atomic E-state index is -4.59. The fourth-order valence-electron chi connectivity index (χ4n) is 4.30. The SMILES string of the molecule is CC/C=C\C/C=C\C/C=C\C/C=C\C/C=C\CCCC(=O)NC(COP(=O)([O-])OCC[N+](C)(C)C)C(O)/C=C/CCCCCCCC. The summed E-state index contributed by atoms with van der Waals surface area (Å²) in [6.45, 7) is 4.39. The molecule has 0 fully saturated rings. The number of quaternary nitrogens is 1. The van der Waals surface area contributed by atoms with Crippen LogP contribution in [0.5, 0.6) is 0 Å². The van der Waals surface area contributed by atoms with E-state index in [1.807, 2.05) is 27.2 Å². The number of phosphoric ester groups is 1. The number of carbonyl (C=O) groups excluding carboxylic acids is 1. The molecule has 0 heterocycles. The monoisotopic (exact) mass is 678 g/mol. The molecule has 2 N–H and O–H groups in total. The van der Waals surface area contributed by atoms with E-state index in [9.17, 15) is 19.4 Å². The Hall–Kier alpha value is -2.06. The second-order valence-corrected chi connectivity index (χ2v) is 14.3. The van der Waals surface area contributed by atoms with E-state index in [1.165, 1.54) is 25.7 Å². The second-order valence-electron chi connectivity index (χ2n) is 12.8. The Morgan fingerprint density at radius 1 is 0.766 bits per heavy atom. The number of likely N-dealkylation sites (N-methyl/N-ethyl adjacent to an activating group) is 1. The maximum absolute atomic E-state index is 12.7. The second kappa shape index (κ2) is 30.0. The van der Waals surface area contributed by atoms with Gasteiger partial charge in [0, 0.05) is 6.42 Å². The van der Waals surface area contributed by atoms with Crippen LogP contribution >= 0.6 is 7.82 Å². The van der Waals surface area contributed by atoms with E-state index in [2.05, 4.69) is 79.9 Å². The molecule has 47 heavy (non-hydrogen) atoms. The lowest BCUT2D eigenvalue weighted by Crippen LogP contribution is -2.45. The van der Waals surface area contributed by atoms with E-state index in [1.54, 1.807) is 6.08 Å². The third-order valence-electron chi connectivity index (χ3n) is 7.17. The van der Waals surface area contributed by atoms with Crippen LogP contribution in [0, 0.1) is 0 Å². The van der Waals surface area contributed by atoms with E-state index < -0.39 is 26.6 Å². The molecule has 0 spiro atoms. The zero-order valence-corrected chi connectivity index (χ0v) is 31.1. The Kier molecular flexibility index (Phi) is 28.7. The summed E-state index contributed by atoms with van der Waals surface area (Å²) in [6.07, 6.45) is 38.2. The number of nitrogens with one attached hydrogen (secondary N) is 1.